The summed E-state index contributed by atoms with van der Waals surface area (Å²) in [5.41, 5.74) is 0. The second-order valence-corrected chi connectivity index (χ2v) is 11.6. The van der Waals surface area contributed by atoms with Gasteiger partial charge in [0, 0.05) is 45.7 Å². The van der Waals surface area contributed by atoms with Crippen molar-refractivity contribution in [3.05, 3.63) is 5.89 Å². The van der Waals surface area contributed by atoms with Gasteiger partial charge in [-0.25, -0.2) is 8.42 Å². The van der Waals surface area contributed by atoms with Gasteiger partial charge in [0.05, 0.1) is 23.8 Å². The molecule has 0 unspecified atom stereocenters. The molecule has 3 fully saturated rings. The van der Waals surface area contributed by atoms with Crippen molar-refractivity contribution in [2.75, 3.05) is 63.1 Å². The van der Waals surface area contributed by atoms with Gasteiger partial charge in [-0.15, -0.1) is 10.2 Å². The van der Waals surface area contributed by atoms with E-state index in [1.165, 1.54) is 11.8 Å². The lowest BCUT2D eigenvalue weighted by Crippen LogP contribution is -2.51. The highest BCUT2D eigenvalue weighted by Crippen LogP contribution is 2.24. The van der Waals surface area contributed by atoms with Crippen LogP contribution in [0.15, 0.2) is 9.64 Å². The molecule has 172 valence electrons. The Balaban J connectivity index is 1.16. The Morgan fingerprint density at radius 3 is 2.39 bits per heavy atom. The molecular formula is C19H29N5O5S2. The van der Waals surface area contributed by atoms with Gasteiger partial charge in [-0.3, -0.25) is 14.5 Å². The third-order valence-corrected chi connectivity index (χ3v) is 8.74. The number of amides is 2. The monoisotopic (exact) mass is 471 g/mol. The summed E-state index contributed by atoms with van der Waals surface area (Å²) in [6, 6.07) is 0. The Morgan fingerprint density at radius 1 is 1.00 bits per heavy atom. The van der Waals surface area contributed by atoms with E-state index in [1.54, 1.807) is 0 Å². The van der Waals surface area contributed by atoms with E-state index >= 15 is 0 Å². The maximum atomic E-state index is 12.5. The minimum atomic E-state index is -2.93. The fourth-order valence-electron chi connectivity index (χ4n) is 4.29. The number of hydrogen-bond donors (Lipinski definition) is 0. The van der Waals surface area contributed by atoms with Crippen molar-refractivity contribution in [2.45, 2.75) is 30.9 Å². The largest absolute Gasteiger partial charge is 0.416 e. The molecule has 0 aromatic carbocycles. The predicted molar refractivity (Wildman–Crippen MR) is 114 cm³/mol. The number of thioether (sulfide) groups is 1. The van der Waals surface area contributed by atoms with Crippen molar-refractivity contribution in [1.29, 1.82) is 0 Å². The normalized spacial score (nSPS) is 24.1. The molecule has 3 aliphatic rings. The molecule has 4 heterocycles. The van der Waals surface area contributed by atoms with E-state index in [1.807, 2.05) is 9.80 Å². The molecule has 0 N–H and O–H groups in total. The SMILES string of the molecule is O=C(CSc1nnc(C[C@H]2CCS(=O)(=O)C2)o1)N1CCN(CC(=O)N2CCCC2)CC1. The van der Waals surface area contributed by atoms with Crippen LogP contribution in [-0.4, -0.2) is 108 Å². The zero-order chi connectivity index (χ0) is 21.8. The van der Waals surface area contributed by atoms with Crippen LogP contribution >= 0.6 is 11.8 Å². The van der Waals surface area contributed by atoms with Crippen LogP contribution in [0.4, 0.5) is 0 Å². The van der Waals surface area contributed by atoms with E-state index in [0.717, 1.165) is 25.9 Å². The number of rotatable bonds is 7. The molecule has 2 amide bonds. The topological polar surface area (TPSA) is 117 Å². The van der Waals surface area contributed by atoms with Crippen LogP contribution in [0.25, 0.3) is 0 Å². The Bertz CT molecular complexity index is 891. The van der Waals surface area contributed by atoms with E-state index in [9.17, 15) is 18.0 Å². The molecule has 31 heavy (non-hydrogen) atoms. The summed E-state index contributed by atoms with van der Waals surface area (Å²) in [5.74, 6) is 1.26. The fourth-order valence-corrected chi connectivity index (χ4v) is 6.83. The first-order valence-corrected chi connectivity index (χ1v) is 13.6. The molecular weight excluding hydrogens is 442 g/mol. The summed E-state index contributed by atoms with van der Waals surface area (Å²) in [5, 5.41) is 8.29. The summed E-state index contributed by atoms with van der Waals surface area (Å²) < 4.78 is 28.7. The van der Waals surface area contributed by atoms with E-state index < -0.39 is 9.84 Å². The molecule has 0 saturated carbocycles. The van der Waals surface area contributed by atoms with Crippen molar-refractivity contribution >= 4 is 33.4 Å². The molecule has 0 spiro atoms. The lowest BCUT2D eigenvalue weighted by atomic mass is 10.1. The fraction of sp³-hybridized carbons (Fsp3) is 0.789. The van der Waals surface area contributed by atoms with Crippen molar-refractivity contribution < 1.29 is 22.4 Å². The maximum Gasteiger partial charge on any atom is 0.277 e. The molecule has 0 bridgehead atoms. The summed E-state index contributed by atoms with van der Waals surface area (Å²) in [6.07, 6.45) is 3.27. The van der Waals surface area contributed by atoms with Gasteiger partial charge in [-0.1, -0.05) is 11.8 Å². The minimum absolute atomic E-state index is 0.0113. The van der Waals surface area contributed by atoms with Gasteiger partial charge in [-0.05, 0) is 25.2 Å². The van der Waals surface area contributed by atoms with Crippen molar-refractivity contribution in [3.63, 3.8) is 0 Å². The summed E-state index contributed by atoms with van der Waals surface area (Å²) in [6.45, 7) is 4.78. The number of nitrogens with zero attached hydrogens (tertiary/aromatic N) is 5. The van der Waals surface area contributed by atoms with Crippen molar-refractivity contribution in [2.24, 2.45) is 5.92 Å². The minimum Gasteiger partial charge on any atom is -0.416 e. The standard InChI is InChI=1S/C19H29N5O5S2/c25-17(23-4-1-2-5-23)12-22-6-8-24(9-7-22)18(26)13-30-19-21-20-16(29-19)11-15-3-10-31(27,28)14-15/h15H,1-14H2/t15-/m1/s1. The van der Waals surface area contributed by atoms with Crippen molar-refractivity contribution in [1.82, 2.24) is 24.9 Å². The molecule has 0 radical (unpaired) electrons. The number of carbonyl (C=O) groups excluding carboxylic acids is 2. The smallest absolute Gasteiger partial charge is 0.277 e. The number of carbonyl (C=O) groups is 2. The Labute approximate surface area is 186 Å². The quantitative estimate of drug-likeness (QED) is 0.503. The predicted octanol–water partition coefficient (Wildman–Crippen LogP) is -0.0945. The van der Waals surface area contributed by atoms with E-state index in [-0.39, 0.29) is 35.0 Å². The number of aromatic nitrogens is 2. The highest BCUT2D eigenvalue weighted by molar-refractivity contribution is 7.99. The van der Waals surface area contributed by atoms with Gasteiger partial charge in [-0.2, -0.15) is 0 Å². The van der Waals surface area contributed by atoms with Gasteiger partial charge in [0.25, 0.3) is 5.22 Å². The van der Waals surface area contributed by atoms with E-state index in [0.29, 0.717) is 56.7 Å². The highest BCUT2D eigenvalue weighted by Gasteiger charge is 2.30. The Morgan fingerprint density at radius 2 is 1.71 bits per heavy atom. The van der Waals surface area contributed by atoms with Crippen LogP contribution < -0.4 is 0 Å². The van der Waals surface area contributed by atoms with Gasteiger partial charge < -0.3 is 14.2 Å². The molecule has 3 saturated heterocycles. The molecule has 1 aromatic rings. The van der Waals surface area contributed by atoms with E-state index in [2.05, 4.69) is 15.1 Å². The molecule has 0 aliphatic carbocycles. The van der Waals surface area contributed by atoms with Gasteiger partial charge >= 0.3 is 0 Å². The lowest BCUT2D eigenvalue weighted by molar-refractivity contribution is -0.133. The van der Waals surface area contributed by atoms with Crippen LogP contribution in [0.2, 0.25) is 0 Å². The number of sulfone groups is 1. The average molecular weight is 472 g/mol. The molecule has 1 atom stereocenters. The van der Waals surface area contributed by atoms with Crippen LogP contribution in [0.3, 0.4) is 0 Å². The van der Waals surface area contributed by atoms with Gasteiger partial charge in [0.1, 0.15) is 0 Å². The second-order valence-electron chi connectivity index (χ2n) is 8.47. The van der Waals surface area contributed by atoms with Gasteiger partial charge in [0.2, 0.25) is 17.7 Å². The third kappa shape index (κ3) is 6.19. The third-order valence-electron chi connectivity index (χ3n) is 6.10. The number of hydrogen-bond acceptors (Lipinski definition) is 9. The zero-order valence-electron chi connectivity index (χ0n) is 17.6. The lowest BCUT2D eigenvalue weighted by Gasteiger charge is -2.34. The van der Waals surface area contributed by atoms with Crippen LogP contribution in [0, 0.1) is 5.92 Å². The summed E-state index contributed by atoms with van der Waals surface area (Å²) in [4.78, 5) is 30.7. The van der Waals surface area contributed by atoms with Gasteiger partial charge in [0.15, 0.2) is 9.84 Å². The van der Waals surface area contributed by atoms with Crippen molar-refractivity contribution in [3.8, 4) is 0 Å². The Kier molecular flexibility index (Phi) is 7.17. The average Bonchev–Trinajstić information content (AvgIpc) is 3.49. The second kappa shape index (κ2) is 9.86. The molecule has 12 heteroatoms. The number of likely N-dealkylation sites (tertiary alicyclic amines) is 1. The molecule has 1 aromatic heterocycles. The number of piperazine rings is 1. The first kappa shape index (κ1) is 22.5. The zero-order valence-corrected chi connectivity index (χ0v) is 19.2. The van der Waals surface area contributed by atoms with Crippen LogP contribution in [0.5, 0.6) is 0 Å². The summed E-state index contributed by atoms with van der Waals surface area (Å²) >= 11 is 1.20. The maximum absolute atomic E-state index is 12.5. The first-order chi connectivity index (χ1) is 14.9. The molecule has 10 nitrogen and oxygen atoms in total. The highest BCUT2D eigenvalue weighted by atomic mass is 32.2. The Hall–Kier alpha value is -1.66. The molecule has 4 rings (SSSR count). The van der Waals surface area contributed by atoms with Crippen LogP contribution in [-0.2, 0) is 25.8 Å². The van der Waals surface area contributed by atoms with Crippen LogP contribution in [0.1, 0.15) is 25.2 Å². The summed E-state index contributed by atoms with van der Waals surface area (Å²) in [7, 11) is -2.93. The first-order valence-electron chi connectivity index (χ1n) is 10.8. The molecule has 3 aliphatic heterocycles. The van der Waals surface area contributed by atoms with E-state index in [4.69, 9.17) is 4.42 Å².